The highest BCUT2D eigenvalue weighted by atomic mass is 35.5. The summed E-state index contributed by atoms with van der Waals surface area (Å²) in [6.07, 6.45) is 3.31. The molecule has 1 amide bonds. The summed E-state index contributed by atoms with van der Waals surface area (Å²) in [5, 5.41) is 10.0. The minimum absolute atomic E-state index is 0.0533. The van der Waals surface area contributed by atoms with Gasteiger partial charge in [0.1, 0.15) is 5.41 Å². The van der Waals surface area contributed by atoms with Crippen LogP contribution in [0.2, 0.25) is 5.02 Å². The number of benzene rings is 1. The van der Waals surface area contributed by atoms with Gasteiger partial charge in [-0.2, -0.15) is 5.26 Å². The number of hydrogen-bond acceptors (Lipinski definition) is 2. The zero-order chi connectivity index (χ0) is 13.9. The van der Waals surface area contributed by atoms with Crippen LogP contribution in [0.1, 0.15) is 31.2 Å². The fraction of sp³-hybridized carbons (Fsp3) is 0.467. The van der Waals surface area contributed by atoms with Gasteiger partial charge in [0.15, 0.2) is 0 Å². The van der Waals surface area contributed by atoms with Crippen molar-refractivity contribution in [1.29, 1.82) is 5.26 Å². The van der Waals surface area contributed by atoms with Crippen molar-refractivity contribution < 1.29 is 4.79 Å². The van der Waals surface area contributed by atoms with Gasteiger partial charge in [0, 0.05) is 18.6 Å². The van der Waals surface area contributed by atoms with Crippen molar-refractivity contribution in [3.8, 4) is 6.07 Å². The van der Waals surface area contributed by atoms with Gasteiger partial charge in [-0.15, -0.1) is 0 Å². The van der Waals surface area contributed by atoms with Gasteiger partial charge in [-0.05, 0) is 30.5 Å². The Morgan fingerprint density at radius 2 is 1.95 bits per heavy atom. The number of hydrogen-bond donors (Lipinski definition) is 0. The Hall–Kier alpha value is -1.53. The predicted octanol–water partition coefficient (Wildman–Crippen LogP) is 3.38. The van der Waals surface area contributed by atoms with Crippen LogP contribution >= 0.6 is 11.6 Å². The normalized spacial score (nSPS) is 16.9. The summed E-state index contributed by atoms with van der Waals surface area (Å²) in [5.41, 5.74) is 0.229. The van der Waals surface area contributed by atoms with Crippen LogP contribution in [-0.2, 0) is 11.3 Å². The van der Waals surface area contributed by atoms with E-state index in [4.69, 9.17) is 11.6 Å². The number of amides is 1. The van der Waals surface area contributed by atoms with E-state index in [2.05, 4.69) is 6.07 Å². The number of carbonyl (C=O) groups is 1. The van der Waals surface area contributed by atoms with Crippen LogP contribution in [0, 0.1) is 16.7 Å². The maximum atomic E-state index is 12.4. The third kappa shape index (κ3) is 2.90. The van der Waals surface area contributed by atoms with Crippen LogP contribution in [0.4, 0.5) is 0 Å². The first-order valence-corrected chi connectivity index (χ1v) is 6.86. The minimum Gasteiger partial charge on any atom is -0.340 e. The van der Waals surface area contributed by atoms with Crippen LogP contribution in [0.25, 0.3) is 0 Å². The largest absolute Gasteiger partial charge is 0.340 e. The van der Waals surface area contributed by atoms with Crippen molar-refractivity contribution in [3.63, 3.8) is 0 Å². The standard InChI is InChI=1S/C15H17ClN2O/c1-18(10-12-4-6-13(16)7-5-12)14(19)15(11-17)8-2-3-9-15/h4-7H,2-3,8-10H2,1H3. The molecule has 0 atom stereocenters. The van der Waals surface area contributed by atoms with Crippen molar-refractivity contribution in [2.75, 3.05) is 7.05 Å². The van der Waals surface area contributed by atoms with E-state index in [9.17, 15) is 10.1 Å². The van der Waals surface area contributed by atoms with E-state index in [1.54, 1.807) is 11.9 Å². The van der Waals surface area contributed by atoms with Gasteiger partial charge < -0.3 is 4.90 Å². The molecule has 0 heterocycles. The lowest BCUT2D eigenvalue weighted by Crippen LogP contribution is -2.39. The summed E-state index contributed by atoms with van der Waals surface area (Å²) in [4.78, 5) is 14.1. The molecule has 1 saturated carbocycles. The minimum atomic E-state index is -0.791. The van der Waals surface area contributed by atoms with Gasteiger partial charge in [-0.25, -0.2) is 0 Å². The van der Waals surface area contributed by atoms with E-state index >= 15 is 0 Å². The van der Waals surface area contributed by atoms with Gasteiger partial charge in [-0.1, -0.05) is 36.6 Å². The predicted molar refractivity (Wildman–Crippen MR) is 74.4 cm³/mol. The van der Waals surface area contributed by atoms with E-state index in [-0.39, 0.29) is 5.91 Å². The second kappa shape index (κ2) is 5.63. The summed E-state index contributed by atoms with van der Waals surface area (Å²) in [7, 11) is 1.76. The lowest BCUT2D eigenvalue weighted by molar-refractivity contribution is -0.138. The molecule has 0 aliphatic heterocycles. The molecule has 19 heavy (non-hydrogen) atoms. The Morgan fingerprint density at radius 1 is 1.37 bits per heavy atom. The van der Waals surface area contributed by atoms with Crippen molar-refractivity contribution in [3.05, 3.63) is 34.9 Å². The van der Waals surface area contributed by atoms with Crippen LogP contribution in [0.5, 0.6) is 0 Å². The molecule has 0 aromatic heterocycles. The molecule has 1 fully saturated rings. The Morgan fingerprint density at radius 3 is 2.47 bits per heavy atom. The third-order valence-electron chi connectivity index (χ3n) is 3.76. The highest BCUT2D eigenvalue weighted by Gasteiger charge is 2.43. The first kappa shape index (κ1) is 13.9. The van der Waals surface area contributed by atoms with Crippen molar-refractivity contribution >= 4 is 17.5 Å². The highest BCUT2D eigenvalue weighted by Crippen LogP contribution is 2.39. The molecule has 0 saturated heterocycles. The number of rotatable bonds is 3. The molecule has 0 spiro atoms. The van der Waals surface area contributed by atoms with E-state index in [1.165, 1.54) is 0 Å². The maximum Gasteiger partial charge on any atom is 0.243 e. The van der Waals surface area contributed by atoms with Crippen LogP contribution in [-0.4, -0.2) is 17.9 Å². The quantitative estimate of drug-likeness (QED) is 0.849. The maximum absolute atomic E-state index is 12.4. The number of halogens is 1. The van der Waals surface area contributed by atoms with Crippen LogP contribution in [0.15, 0.2) is 24.3 Å². The van der Waals surface area contributed by atoms with Crippen molar-refractivity contribution in [2.45, 2.75) is 32.2 Å². The second-order valence-corrected chi connectivity index (χ2v) is 5.63. The molecule has 0 N–H and O–H groups in total. The fourth-order valence-electron chi connectivity index (χ4n) is 2.65. The highest BCUT2D eigenvalue weighted by molar-refractivity contribution is 6.30. The van der Waals surface area contributed by atoms with E-state index in [0.29, 0.717) is 24.4 Å². The molecule has 3 nitrogen and oxygen atoms in total. The van der Waals surface area contributed by atoms with Crippen LogP contribution in [0.3, 0.4) is 0 Å². The molecular weight excluding hydrogens is 260 g/mol. The molecule has 0 radical (unpaired) electrons. The monoisotopic (exact) mass is 276 g/mol. The van der Waals surface area contributed by atoms with Gasteiger partial charge in [0.25, 0.3) is 0 Å². The van der Waals surface area contributed by atoms with E-state index in [1.807, 2.05) is 24.3 Å². The summed E-state index contributed by atoms with van der Waals surface area (Å²) < 4.78 is 0. The average molecular weight is 277 g/mol. The molecule has 4 heteroatoms. The molecule has 1 aliphatic rings. The number of nitriles is 1. The zero-order valence-corrected chi connectivity index (χ0v) is 11.8. The molecule has 1 aromatic rings. The second-order valence-electron chi connectivity index (χ2n) is 5.19. The van der Waals surface area contributed by atoms with Crippen molar-refractivity contribution in [2.24, 2.45) is 5.41 Å². The molecule has 0 unspecified atom stereocenters. The van der Waals surface area contributed by atoms with E-state index in [0.717, 1.165) is 18.4 Å². The van der Waals surface area contributed by atoms with E-state index < -0.39 is 5.41 Å². The Labute approximate surface area is 118 Å². The summed E-state index contributed by atoms with van der Waals surface area (Å²) >= 11 is 5.84. The topological polar surface area (TPSA) is 44.1 Å². The van der Waals surface area contributed by atoms with Gasteiger partial charge in [-0.3, -0.25) is 4.79 Å². The number of carbonyl (C=O) groups excluding carboxylic acids is 1. The molecule has 100 valence electrons. The first-order valence-electron chi connectivity index (χ1n) is 6.49. The average Bonchev–Trinajstić information content (AvgIpc) is 2.90. The van der Waals surface area contributed by atoms with Crippen molar-refractivity contribution in [1.82, 2.24) is 4.90 Å². The molecular formula is C15H17ClN2O. The molecule has 2 rings (SSSR count). The Kier molecular flexibility index (Phi) is 4.11. The van der Waals surface area contributed by atoms with Gasteiger partial charge in [0.2, 0.25) is 5.91 Å². The molecule has 1 aromatic carbocycles. The summed E-state index contributed by atoms with van der Waals surface area (Å²) in [5.74, 6) is -0.0533. The smallest absolute Gasteiger partial charge is 0.243 e. The summed E-state index contributed by atoms with van der Waals surface area (Å²) in [6, 6.07) is 9.67. The first-order chi connectivity index (χ1) is 9.07. The Bertz CT molecular complexity index is 498. The molecule has 1 aliphatic carbocycles. The SMILES string of the molecule is CN(Cc1ccc(Cl)cc1)C(=O)C1(C#N)CCCC1. The summed E-state index contributed by atoms with van der Waals surface area (Å²) in [6.45, 7) is 0.513. The fourth-order valence-corrected chi connectivity index (χ4v) is 2.78. The van der Waals surface area contributed by atoms with Crippen LogP contribution < -0.4 is 0 Å². The zero-order valence-electron chi connectivity index (χ0n) is 11.0. The van der Waals surface area contributed by atoms with Gasteiger partial charge >= 0.3 is 0 Å². The van der Waals surface area contributed by atoms with Gasteiger partial charge in [0.05, 0.1) is 6.07 Å². The lowest BCUT2D eigenvalue weighted by atomic mass is 9.86. The lowest BCUT2D eigenvalue weighted by Gasteiger charge is -2.26. The Balaban J connectivity index is 2.07. The molecule has 0 bridgehead atoms. The number of nitrogens with zero attached hydrogens (tertiary/aromatic N) is 2. The third-order valence-corrected chi connectivity index (χ3v) is 4.01.